The number of ether oxygens (including phenoxy) is 1. The Morgan fingerprint density at radius 3 is 2.20 bits per heavy atom. The first-order chi connectivity index (χ1) is 9.05. The van der Waals surface area contributed by atoms with Gasteiger partial charge in [-0.2, -0.15) is 26.3 Å². The largest absolute Gasteiger partial charge is 0.423 e. The van der Waals surface area contributed by atoms with E-state index in [-0.39, 0.29) is 16.5 Å². The lowest BCUT2D eigenvalue weighted by Crippen LogP contribution is -2.44. The Labute approximate surface area is 114 Å². The molecule has 10 heteroatoms. The second-order valence-corrected chi connectivity index (χ2v) is 4.06. The van der Waals surface area contributed by atoms with Crippen molar-refractivity contribution in [2.24, 2.45) is 0 Å². The van der Waals surface area contributed by atoms with Gasteiger partial charge in [0.05, 0.1) is 17.3 Å². The van der Waals surface area contributed by atoms with Crippen LogP contribution in [0.2, 0.25) is 5.02 Å². The molecule has 1 rings (SSSR count). The number of hydrogen-bond donors (Lipinski definition) is 1. The molecule has 114 valence electrons. The Hall–Kier alpha value is -1.22. The first kappa shape index (κ1) is 16.8. The third kappa shape index (κ3) is 4.41. The molecule has 20 heavy (non-hydrogen) atoms. The van der Waals surface area contributed by atoms with E-state index < -0.39 is 25.1 Å². The predicted molar refractivity (Wildman–Crippen MR) is 59.5 cm³/mol. The molecule has 0 amide bonds. The van der Waals surface area contributed by atoms with Gasteiger partial charge in [0, 0.05) is 7.05 Å². The van der Waals surface area contributed by atoms with Crippen molar-refractivity contribution >= 4 is 17.4 Å². The van der Waals surface area contributed by atoms with E-state index in [4.69, 9.17) is 11.6 Å². The molecule has 0 spiro atoms. The SMILES string of the molecule is CNc1ccc(Cl)c(COC(C(F)(F)F)C(F)(F)F)n1. The molecule has 0 unspecified atom stereocenters. The number of aromatic nitrogens is 1. The van der Waals surface area contributed by atoms with Crippen LogP contribution in [0.1, 0.15) is 5.69 Å². The van der Waals surface area contributed by atoms with Crippen molar-refractivity contribution in [3.05, 3.63) is 22.8 Å². The molecule has 1 aromatic heterocycles. The van der Waals surface area contributed by atoms with Crippen LogP contribution in [0.5, 0.6) is 0 Å². The Balaban J connectivity index is 2.88. The van der Waals surface area contributed by atoms with Crippen LogP contribution in [0.4, 0.5) is 32.2 Å². The molecule has 0 radical (unpaired) electrons. The Kier molecular flexibility index (Phi) is 5.09. The van der Waals surface area contributed by atoms with Crippen LogP contribution < -0.4 is 5.32 Å². The van der Waals surface area contributed by atoms with Crippen molar-refractivity contribution in [1.82, 2.24) is 4.98 Å². The quantitative estimate of drug-likeness (QED) is 0.857. The number of rotatable bonds is 4. The van der Waals surface area contributed by atoms with Crippen molar-refractivity contribution in [2.45, 2.75) is 25.1 Å². The lowest BCUT2D eigenvalue weighted by Gasteiger charge is -2.23. The van der Waals surface area contributed by atoms with E-state index in [1.54, 1.807) is 0 Å². The van der Waals surface area contributed by atoms with Gasteiger partial charge in [-0.3, -0.25) is 0 Å². The fraction of sp³-hybridized carbons (Fsp3) is 0.500. The first-order valence-electron chi connectivity index (χ1n) is 5.14. The highest BCUT2D eigenvalue weighted by molar-refractivity contribution is 6.31. The number of hydrogen-bond acceptors (Lipinski definition) is 3. The van der Waals surface area contributed by atoms with E-state index in [0.717, 1.165) is 0 Å². The summed E-state index contributed by atoms with van der Waals surface area (Å²) in [5, 5.41) is 2.48. The summed E-state index contributed by atoms with van der Waals surface area (Å²) in [7, 11) is 1.48. The molecular formula is C10H9ClF6N2O. The molecule has 1 N–H and O–H groups in total. The molecule has 0 bridgehead atoms. The average molecular weight is 323 g/mol. The van der Waals surface area contributed by atoms with Crippen LogP contribution in [-0.4, -0.2) is 30.5 Å². The summed E-state index contributed by atoms with van der Waals surface area (Å²) in [6.45, 7) is -1.02. The molecule has 0 saturated heterocycles. The van der Waals surface area contributed by atoms with E-state index in [9.17, 15) is 26.3 Å². The fourth-order valence-corrected chi connectivity index (χ4v) is 1.42. The maximum absolute atomic E-state index is 12.3. The molecule has 0 saturated carbocycles. The molecule has 0 fully saturated rings. The lowest BCUT2D eigenvalue weighted by molar-refractivity contribution is -0.324. The molecule has 1 heterocycles. The standard InChI is InChI=1S/C10H9ClF6N2O/c1-18-7-3-2-5(11)6(19-7)4-20-8(9(12,13)14)10(15,16)17/h2-3,8H,4H2,1H3,(H,18,19). The van der Waals surface area contributed by atoms with Gasteiger partial charge in [-0.15, -0.1) is 0 Å². The minimum absolute atomic E-state index is 0.0906. The van der Waals surface area contributed by atoms with Gasteiger partial charge in [0.2, 0.25) is 6.10 Å². The number of anilines is 1. The number of nitrogens with one attached hydrogen (secondary N) is 1. The Bertz CT molecular complexity index is 448. The maximum atomic E-state index is 12.3. The number of pyridine rings is 1. The smallest absolute Gasteiger partial charge is 0.373 e. The number of alkyl halides is 6. The molecule has 0 aliphatic rings. The van der Waals surface area contributed by atoms with Crippen LogP contribution in [0.15, 0.2) is 12.1 Å². The van der Waals surface area contributed by atoms with Gasteiger partial charge < -0.3 is 10.1 Å². The minimum Gasteiger partial charge on any atom is -0.373 e. The van der Waals surface area contributed by atoms with Gasteiger partial charge in [-0.25, -0.2) is 4.98 Å². The zero-order valence-corrected chi connectivity index (χ0v) is 10.7. The van der Waals surface area contributed by atoms with Crippen molar-refractivity contribution < 1.29 is 31.1 Å². The predicted octanol–water partition coefficient (Wildman–Crippen LogP) is 3.79. The van der Waals surface area contributed by atoms with Gasteiger partial charge in [0.25, 0.3) is 0 Å². The molecule has 0 aliphatic carbocycles. The van der Waals surface area contributed by atoms with Crippen LogP contribution in [0.25, 0.3) is 0 Å². The monoisotopic (exact) mass is 322 g/mol. The van der Waals surface area contributed by atoms with E-state index >= 15 is 0 Å². The average Bonchev–Trinajstić information content (AvgIpc) is 2.28. The van der Waals surface area contributed by atoms with Crippen LogP contribution >= 0.6 is 11.6 Å². The second-order valence-electron chi connectivity index (χ2n) is 3.65. The highest BCUT2D eigenvalue weighted by Crippen LogP contribution is 2.36. The summed E-state index contributed by atoms with van der Waals surface area (Å²) in [6.07, 6.45) is -15.0. The van der Waals surface area contributed by atoms with E-state index in [0.29, 0.717) is 0 Å². The van der Waals surface area contributed by atoms with Crippen molar-refractivity contribution in [1.29, 1.82) is 0 Å². The molecular weight excluding hydrogens is 314 g/mol. The molecule has 0 aliphatic heterocycles. The molecule has 0 atom stereocenters. The summed E-state index contributed by atoms with van der Waals surface area (Å²) < 4.78 is 77.4. The summed E-state index contributed by atoms with van der Waals surface area (Å²) in [5.41, 5.74) is -0.225. The molecule has 0 aromatic carbocycles. The number of nitrogens with zero attached hydrogens (tertiary/aromatic N) is 1. The summed E-state index contributed by atoms with van der Waals surface area (Å²) in [6, 6.07) is 2.70. The second kappa shape index (κ2) is 6.04. The summed E-state index contributed by atoms with van der Waals surface area (Å²) >= 11 is 5.63. The Morgan fingerprint density at radius 1 is 1.20 bits per heavy atom. The third-order valence-corrected chi connectivity index (χ3v) is 2.50. The first-order valence-corrected chi connectivity index (χ1v) is 5.51. The van der Waals surface area contributed by atoms with Gasteiger partial charge in [0.1, 0.15) is 5.82 Å². The van der Waals surface area contributed by atoms with Crippen molar-refractivity contribution in [3.63, 3.8) is 0 Å². The van der Waals surface area contributed by atoms with Gasteiger partial charge in [0.15, 0.2) is 0 Å². The zero-order valence-electron chi connectivity index (χ0n) is 9.94. The number of halogens is 7. The lowest BCUT2D eigenvalue weighted by atomic mass is 10.3. The van der Waals surface area contributed by atoms with E-state index in [1.165, 1.54) is 19.2 Å². The van der Waals surface area contributed by atoms with Crippen LogP contribution in [-0.2, 0) is 11.3 Å². The fourth-order valence-electron chi connectivity index (χ4n) is 1.26. The third-order valence-electron chi connectivity index (χ3n) is 2.16. The zero-order chi connectivity index (χ0) is 15.6. The van der Waals surface area contributed by atoms with Gasteiger partial charge in [-0.1, -0.05) is 11.6 Å². The van der Waals surface area contributed by atoms with Gasteiger partial charge >= 0.3 is 12.4 Å². The highest BCUT2D eigenvalue weighted by Gasteiger charge is 2.58. The van der Waals surface area contributed by atoms with Crippen LogP contribution in [0.3, 0.4) is 0 Å². The maximum Gasteiger partial charge on any atom is 0.423 e. The van der Waals surface area contributed by atoms with Gasteiger partial charge in [-0.05, 0) is 12.1 Å². The molecule has 1 aromatic rings. The summed E-state index contributed by atoms with van der Waals surface area (Å²) in [5.74, 6) is 0.239. The summed E-state index contributed by atoms with van der Waals surface area (Å²) in [4.78, 5) is 3.72. The molecule has 3 nitrogen and oxygen atoms in total. The van der Waals surface area contributed by atoms with Crippen LogP contribution in [0, 0.1) is 0 Å². The topological polar surface area (TPSA) is 34.1 Å². The van der Waals surface area contributed by atoms with Crippen molar-refractivity contribution in [3.8, 4) is 0 Å². The Morgan fingerprint density at radius 2 is 1.75 bits per heavy atom. The normalized spacial score (nSPS) is 12.8. The minimum atomic E-state index is -5.56. The van der Waals surface area contributed by atoms with E-state index in [1.807, 2.05) is 0 Å². The van der Waals surface area contributed by atoms with E-state index in [2.05, 4.69) is 15.0 Å². The highest BCUT2D eigenvalue weighted by atomic mass is 35.5. The van der Waals surface area contributed by atoms with Crippen molar-refractivity contribution in [2.75, 3.05) is 12.4 Å².